The van der Waals surface area contributed by atoms with Gasteiger partial charge in [0.05, 0.1) is 18.4 Å². The molecule has 0 saturated heterocycles. The van der Waals surface area contributed by atoms with Gasteiger partial charge in [0.15, 0.2) is 0 Å². The largest absolute Gasteiger partial charge is 0.497 e. The number of nitrogens with zero attached hydrogens (tertiary/aromatic N) is 1. The third-order valence-corrected chi connectivity index (χ3v) is 4.36. The highest BCUT2D eigenvalue weighted by atomic mass is 35.5. The summed E-state index contributed by atoms with van der Waals surface area (Å²) in [7, 11) is 1.59. The molecule has 2 aromatic carbocycles. The molecule has 0 spiro atoms. The summed E-state index contributed by atoms with van der Waals surface area (Å²) < 4.78 is 11.0. The molecule has 0 radical (unpaired) electrons. The average molecular weight is 360 g/mol. The van der Waals surface area contributed by atoms with E-state index < -0.39 is 5.97 Å². The van der Waals surface area contributed by atoms with Crippen LogP contribution in [0.2, 0.25) is 5.02 Å². The van der Waals surface area contributed by atoms with Crippen molar-refractivity contribution in [2.45, 2.75) is 26.4 Å². The second-order valence-corrected chi connectivity index (χ2v) is 6.28. The van der Waals surface area contributed by atoms with Crippen LogP contribution in [0.15, 0.2) is 41.6 Å². The van der Waals surface area contributed by atoms with Crippen LogP contribution in [-0.2, 0) is 4.84 Å². The number of fused-ring (bicyclic) bond motifs is 1. The van der Waals surface area contributed by atoms with Crippen LogP contribution in [0.3, 0.4) is 0 Å². The Morgan fingerprint density at radius 3 is 2.80 bits per heavy atom. The van der Waals surface area contributed by atoms with Gasteiger partial charge in [-0.15, -0.1) is 0 Å². The maximum Gasteiger partial charge on any atom is 0.365 e. The lowest BCUT2D eigenvalue weighted by Crippen LogP contribution is -2.25. The van der Waals surface area contributed by atoms with Gasteiger partial charge in [-0.3, -0.25) is 0 Å². The SMILES string of the molecule is COc1ccc2c(c1)O[C@H](C)C/C2=N\OC(=O)c1ccc(C)c(Cl)c1. The summed E-state index contributed by atoms with van der Waals surface area (Å²) in [6.45, 7) is 3.80. The van der Waals surface area contributed by atoms with E-state index in [0.29, 0.717) is 34.2 Å². The van der Waals surface area contributed by atoms with Crippen LogP contribution in [0.25, 0.3) is 0 Å². The zero-order valence-corrected chi connectivity index (χ0v) is 15.0. The molecule has 6 heteroatoms. The van der Waals surface area contributed by atoms with Gasteiger partial charge in [-0.1, -0.05) is 22.8 Å². The lowest BCUT2D eigenvalue weighted by molar-refractivity contribution is 0.0513. The fourth-order valence-electron chi connectivity index (χ4n) is 2.56. The summed E-state index contributed by atoms with van der Waals surface area (Å²) >= 11 is 6.05. The Morgan fingerprint density at radius 2 is 2.08 bits per heavy atom. The molecule has 0 aromatic heterocycles. The molecule has 25 heavy (non-hydrogen) atoms. The highest BCUT2D eigenvalue weighted by Gasteiger charge is 2.23. The van der Waals surface area contributed by atoms with E-state index in [1.54, 1.807) is 31.4 Å². The zero-order chi connectivity index (χ0) is 18.0. The third kappa shape index (κ3) is 3.77. The molecule has 0 fully saturated rings. The van der Waals surface area contributed by atoms with Crippen molar-refractivity contribution in [2.24, 2.45) is 5.16 Å². The number of rotatable bonds is 3. The first kappa shape index (κ1) is 17.3. The third-order valence-electron chi connectivity index (χ3n) is 3.95. The smallest absolute Gasteiger partial charge is 0.365 e. The minimum absolute atomic E-state index is 0.0779. The number of aryl methyl sites for hydroxylation is 1. The van der Waals surface area contributed by atoms with Crippen LogP contribution >= 0.6 is 11.6 Å². The second-order valence-electron chi connectivity index (χ2n) is 5.88. The van der Waals surface area contributed by atoms with E-state index in [-0.39, 0.29) is 6.10 Å². The first-order valence-corrected chi connectivity index (χ1v) is 8.25. The molecule has 1 aliphatic heterocycles. The monoisotopic (exact) mass is 359 g/mol. The van der Waals surface area contributed by atoms with E-state index in [1.165, 1.54) is 0 Å². The highest BCUT2D eigenvalue weighted by Crippen LogP contribution is 2.31. The Morgan fingerprint density at radius 1 is 1.28 bits per heavy atom. The Bertz CT molecular complexity index is 847. The normalized spacial score (nSPS) is 17.6. The fourth-order valence-corrected chi connectivity index (χ4v) is 2.74. The van der Waals surface area contributed by atoms with Crippen molar-refractivity contribution in [2.75, 3.05) is 7.11 Å². The number of methoxy groups -OCH3 is 1. The molecule has 0 N–H and O–H groups in total. The lowest BCUT2D eigenvalue weighted by atomic mass is 10.0. The lowest BCUT2D eigenvalue weighted by Gasteiger charge is -2.24. The number of halogens is 1. The van der Waals surface area contributed by atoms with Gasteiger partial charge in [-0.25, -0.2) is 4.79 Å². The molecule has 0 aliphatic carbocycles. The minimum atomic E-state index is -0.552. The summed E-state index contributed by atoms with van der Waals surface area (Å²) in [5, 5.41) is 4.58. The van der Waals surface area contributed by atoms with Crippen molar-refractivity contribution in [1.29, 1.82) is 0 Å². The van der Waals surface area contributed by atoms with Crippen molar-refractivity contribution in [3.8, 4) is 11.5 Å². The molecular weight excluding hydrogens is 342 g/mol. The van der Waals surface area contributed by atoms with Gasteiger partial charge in [0.1, 0.15) is 17.6 Å². The Labute approximate surface area is 151 Å². The number of ether oxygens (including phenoxy) is 2. The van der Waals surface area contributed by atoms with Gasteiger partial charge in [0.2, 0.25) is 0 Å². The van der Waals surface area contributed by atoms with Gasteiger partial charge in [0, 0.05) is 23.1 Å². The molecule has 0 bridgehead atoms. The fraction of sp³-hybridized carbons (Fsp3) is 0.263. The van der Waals surface area contributed by atoms with Gasteiger partial charge in [-0.2, -0.15) is 0 Å². The average Bonchev–Trinajstić information content (AvgIpc) is 2.60. The molecule has 2 aromatic rings. The summed E-state index contributed by atoms with van der Waals surface area (Å²) in [6, 6.07) is 10.5. The van der Waals surface area contributed by atoms with E-state index >= 15 is 0 Å². The van der Waals surface area contributed by atoms with Crippen LogP contribution in [0.1, 0.15) is 34.8 Å². The van der Waals surface area contributed by atoms with E-state index in [1.807, 2.05) is 26.0 Å². The number of oxime groups is 1. The van der Waals surface area contributed by atoms with Gasteiger partial charge >= 0.3 is 5.97 Å². The summed E-state index contributed by atoms with van der Waals surface area (Å²) in [4.78, 5) is 17.3. The number of carbonyl (C=O) groups excluding carboxylic acids is 1. The number of hydrogen-bond donors (Lipinski definition) is 0. The molecule has 1 atom stereocenters. The molecule has 0 unspecified atom stereocenters. The van der Waals surface area contributed by atoms with Crippen LogP contribution in [0, 0.1) is 6.92 Å². The summed E-state index contributed by atoms with van der Waals surface area (Å²) in [5.41, 5.74) is 2.69. The molecule has 0 saturated carbocycles. The van der Waals surface area contributed by atoms with Gasteiger partial charge in [-0.05, 0) is 43.7 Å². The Hall–Kier alpha value is -2.53. The quantitative estimate of drug-likeness (QED) is 0.602. The van der Waals surface area contributed by atoms with E-state index in [4.69, 9.17) is 25.9 Å². The molecule has 0 amide bonds. The number of benzene rings is 2. The summed E-state index contributed by atoms with van der Waals surface area (Å²) in [5.74, 6) is 0.799. The van der Waals surface area contributed by atoms with Crippen LogP contribution in [-0.4, -0.2) is 24.9 Å². The Balaban J connectivity index is 1.84. The number of hydrogen-bond acceptors (Lipinski definition) is 5. The van der Waals surface area contributed by atoms with E-state index in [2.05, 4.69) is 5.16 Å². The molecular formula is C19H18ClNO4. The van der Waals surface area contributed by atoms with Gasteiger partial charge < -0.3 is 14.3 Å². The predicted molar refractivity (Wildman–Crippen MR) is 95.8 cm³/mol. The van der Waals surface area contributed by atoms with Crippen molar-refractivity contribution >= 4 is 23.3 Å². The van der Waals surface area contributed by atoms with Crippen molar-refractivity contribution in [3.63, 3.8) is 0 Å². The van der Waals surface area contributed by atoms with E-state index in [0.717, 1.165) is 11.1 Å². The van der Waals surface area contributed by atoms with Crippen molar-refractivity contribution < 1.29 is 19.1 Å². The van der Waals surface area contributed by atoms with Crippen LogP contribution in [0.5, 0.6) is 11.5 Å². The van der Waals surface area contributed by atoms with Crippen LogP contribution < -0.4 is 9.47 Å². The Kier molecular flexibility index (Phi) is 4.95. The maximum atomic E-state index is 12.2. The zero-order valence-electron chi connectivity index (χ0n) is 14.2. The van der Waals surface area contributed by atoms with Gasteiger partial charge in [0.25, 0.3) is 0 Å². The molecule has 1 heterocycles. The first-order valence-electron chi connectivity index (χ1n) is 7.87. The molecule has 1 aliphatic rings. The van der Waals surface area contributed by atoms with Crippen molar-refractivity contribution in [1.82, 2.24) is 0 Å². The highest BCUT2D eigenvalue weighted by molar-refractivity contribution is 6.31. The molecule has 130 valence electrons. The topological polar surface area (TPSA) is 57.1 Å². The minimum Gasteiger partial charge on any atom is -0.497 e. The van der Waals surface area contributed by atoms with Crippen LogP contribution in [0.4, 0.5) is 0 Å². The molecule has 5 nitrogen and oxygen atoms in total. The number of carbonyl (C=O) groups is 1. The second kappa shape index (κ2) is 7.15. The standard InChI is InChI=1S/C19H18ClNO4/c1-11-4-5-13(9-16(11)20)19(22)25-21-17-8-12(2)24-18-10-14(23-3)6-7-15(17)18/h4-7,9-10,12H,8H2,1-3H3/b21-17+/t12-/m1/s1. The summed E-state index contributed by atoms with van der Waals surface area (Å²) in [6.07, 6.45) is 0.465. The molecule has 3 rings (SSSR count). The van der Waals surface area contributed by atoms with E-state index in [9.17, 15) is 4.79 Å². The van der Waals surface area contributed by atoms with Crippen molar-refractivity contribution in [3.05, 3.63) is 58.1 Å². The first-order chi connectivity index (χ1) is 12.0. The predicted octanol–water partition coefficient (Wildman–Crippen LogP) is 4.39. The maximum absolute atomic E-state index is 12.2.